The van der Waals surface area contributed by atoms with E-state index in [0.29, 0.717) is 42.3 Å². The smallest absolute Gasteiger partial charge is 0.303 e. The Kier molecular flexibility index (Phi) is 7.41. The van der Waals surface area contributed by atoms with Crippen LogP contribution in [-0.2, 0) is 16.0 Å². The number of carboxylic acid groups (broad SMARTS) is 1. The van der Waals surface area contributed by atoms with Crippen molar-refractivity contribution in [1.29, 1.82) is 0 Å². The number of carbonyl (C=O) groups excluding carboxylic acids is 1. The van der Waals surface area contributed by atoms with Crippen LogP contribution in [0.5, 0.6) is 0 Å². The number of carboxylic acids is 1. The first kappa shape index (κ1) is 16.8. The van der Waals surface area contributed by atoms with Crippen LogP contribution >= 0.6 is 23.2 Å². The second kappa shape index (κ2) is 8.82. The fraction of sp³-hybridized carbons (Fsp3) is 0.429. The fourth-order valence-electron chi connectivity index (χ4n) is 1.72. The quantitative estimate of drug-likeness (QED) is 0.723. The molecule has 1 aromatic carbocycles. The van der Waals surface area contributed by atoms with Crippen LogP contribution in [0.2, 0.25) is 10.0 Å². The van der Waals surface area contributed by atoms with E-state index in [-0.39, 0.29) is 12.3 Å². The maximum Gasteiger partial charge on any atom is 0.303 e. The van der Waals surface area contributed by atoms with E-state index in [9.17, 15) is 9.59 Å². The molecule has 0 spiro atoms. The molecular formula is C14H17Cl2NO3. The summed E-state index contributed by atoms with van der Waals surface area (Å²) >= 11 is 11.8. The molecule has 1 aromatic rings. The van der Waals surface area contributed by atoms with Crippen molar-refractivity contribution in [1.82, 2.24) is 5.32 Å². The SMILES string of the molecule is O=C(O)CCCNC(=O)CCCc1ccc(Cl)cc1Cl. The molecule has 110 valence electrons. The van der Waals surface area contributed by atoms with Gasteiger partial charge in [0.1, 0.15) is 0 Å². The van der Waals surface area contributed by atoms with Gasteiger partial charge in [0.15, 0.2) is 0 Å². The number of nitrogens with one attached hydrogen (secondary N) is 1. The zero-order valence-electron chi connectivity index (χ0n) is 11.0. The standard InChI is InChI=1S/C14H17Cl2NO3/c15-11-7-6-10(12(16)9-11)3-1-4-13(18)17-8-2-5-14(19)20/h6-7,9H,1-5,8H2,(H,17,18)(H,19,20). The molecule has 6 heteroatoms. The second-order valence-electron chi connectivity index (χ2n) is 4.44. The minimum absolute atomic E-state index is 0.0690. The van der Waals surface area contributed by atoms with Crippen molar-refractivity contribution < 1.29 is 14.7 Å². The third-order valence-electron chi connectivity index (χ3n) is 2.75. The van der Waals surface area contributed by atoms with Crippen LogP contribution < -0.4 is 5.32 Å². The number of benzene rings is 1. The summed E-state index contributed by atoms with van der Waals surface area (Å²) in [6.45, 7) is 0.396. The van der Waals surface area contributed by atoms with Gasteiger partial charge in [-0.25, -0.2) is 0 Å². The fourth-order valence-corrected chi connectivity index (χ4v) is 2.22. The van der Waals surface area contributed by atoms with E-state index in [1.807, 2.05) is 6.07 Å². The first-order chi connectivity index (χ1) is 9.49. The average molecular weight is 318 g/mol. The van der Waals surface area contributed by atoms with Gasteiger partial charge in [-0.1, -0.05) is 29.3 Å². The van der Waals surface area contributed by atoms with Gasteiger partial charge in [-0.05, 0) is 37.0 Å². The Morgan fingerprint density at radius 2 is 1.90 bits per heavy atom. The highest BCUT2D eigenvalue weighted by Gasteiger charge is 2.05. The van der Waals surface area contributed by atoms with Crippen LogP contribution in [0.25, 0.3) is 0 Å². The molecule has 0 atom stereocenters. The molecule has 0 aliphatic rings. The maximum atomic E-state index is 11.5. The largest absolute Gasteiger partial charge is 0.481 e. The monoisotopic (exact) mass is 317 g/mol. The normalized spacial score (nSPS) is 10.3. The third kappa shape index (κ3) is 6.78. The second-order valence-corrected chi connectivity index (χ2v) is 5.28. The molecule has 0 fully saturated rings. The summed E-state index contributed by atoms with van der Waals surface area (Å²) in [5.74, 6) is -0.919. The van der Waals surface area contributed by atoms with Crippen molar-refractivity contribution in [2.24, 2.45) is 0 Å². The molecule has 0 saturated carbocycles. The number of hydrogen-bond acceptors (Lipinski definition) is 2. The lowest BCUT2D eigenvalue weighted by molar-refractivity contribution is -0.137. The van der Waals surface area contributed by atoms with Gasteiger partial charge >= 0.3 is 5.97 Å². The lowest BCUT2D eigenvalue weighted by Gasteiger charge is -2.06. The molecule has 2 N–H and O–H groups in total. The highest BCUT2D eigenvalue weighted by molar-refractivity contribution is 6.35. The van der Waals surface area contributed by atoms with E-state index in [2.05, 4.69) is 5.32 Å². The summed E-state index contributed by atoms with van der Waals surface area (Å²) < 4.78 is 0. The minimum atomic E-state index is -0.850. The predicted molar refractivity (Wildman–Crippen MR) is 79.3 cm³/mol. The number of halogens is 2. The molecule has 0 bridgehead atoms. The molecule has 0 saturated heterocycles. The van der Waals surface area contributed by atoms with Crippen molar-refractivity contribution in [3.8, 4) is 0 Å². The summed E-state index contributed by atoms with van der Waals surface area (Å²) in [5, 5.41) is 12.4. The first-order valence-corrected chi connectivity index (χ1v) is 7.17. The number of hydrogen-bond donors (Lipinski definition) is 2. The Bertz CT molecular complexity index is 477. The van der Waals surface area contributed by atoms with Gasteiger partial charge in [-0.2, -0.15) is 0 Å². The molecular weight excluding hydrogens is 301 g/mol. The molecule has 0 aromatic heterocycles. The Morgan fingerprint density at radius 1 is 1.15 bits per heavy atom. The molecule has 0 heterocycles. The lowest BCUT2D eigenvalue weighted by atomic mass is 10.1. The van der Waals surface area contributed by atoms with E-state index in [4.69, 9.17) is 28.3 Å². The first-order valence-electron chi connectivity index (χ1n) is 6.41. The third-order valence-corrected chi connectivity index (χ3v) is 3.34. The van der Waals surface area contributed by atoms with E-state index in [1.54, 1.807) is 12.1 Å². The van der Waals surface area contributed by atoms with Gasteiger partial charge in [-0.3, -0.25) is 9.59 Å². The maximum absolute atomic E-state index is 11.5. The molecule has 0 unspecified atom stereocenters. The predicted octanol–water partition coefficient (Wildman–Crippen LogP) is 3.30. The van der Waals surface area contributed by atoms with E-state index >= 15 is 0 Å². The number of rotatable bonds is 8. The lowest BCUT2D eigenvalue weighted by Crippen LogP contribution is -2.24. The summed E-state index contributed by atoms with van der Waals surface area (Å²) in [6.07, 6.45) is 2.31. The van der Waals surface area contributed by atoms with E-state index in [0.717, 1.165) is 5.56 Å². The zero-order valence-corrected chi connectivity index (χ0v) is 12.5. The summed E-state index contributed by atoms with van der Waals surface area (Å²) in [4.78, 5) is 21.8. The number of amides is 1. The van der Waals surface area contributed by atoms with Crippen molar-refractivity contribution in [3.63, 3.8) is 0 Å². The Balaban J connectivity index is 2.20. The molecule has 1 rings (SSSR count). The van der Waals surface area contributed by atoms with E-state index < -0.39 is 5.97 Å². The molecule has 1 amide bonds. The van der Waals surface area contributed by atoms with Crippen molar-refractivity contribution in [2.45, 2.75) is 32.1 Å². The Morgan fingerprint density at radius 3 is 2.55 bits per heavy atom. The van der Waals surface area contributed by atoms with Crippen molar-refractivity contribution in [3.05, 3.63) is 33.8 Å². The van der Waals surface area contributed by atoms with Gasteiger partial charge in [0.2, 0.25) is 5.91 Å². The van der Waals surface area contributed by atoms with Crippen LogP contribution in [0.3, 0.4) is 0 Å². The molecule has 4 nitrogen and oxygen atoms in total. The molecule has 0 aliphatic heterocycles. The summed E-state index contributed by atoms with van der Waals surface area (Å²) in [6, 6.07) is 5.31. The number of aliphatic carboxylic acids is 1. The Labute approximate surface area is 128 Å². The zero-order chi connectivity index (χ0) is 15.0. The average Bonchev–Trinajstić information content (AvgIpc) is 2.37. The van der Waals surface area contributed by atoms with Gasteiger partial charge in [-0.15, -0.1) is 0 Å². The number of carbonyl (C=O) groups is 2. The topological polar surface area (TPSA) is 66.4 Å². The van der Waals surface area contributed by atoms with Crippen molar-refractivity contribution in [2.75, 3.05) is 6.54 Å². The van der Waals surface area contributed by atoms with Gasteiger partial charge < -0.3 is 10.4 Å². The van der Waals surface area contributed by atoms with Crippen LogP contribution in [0, 0.1) is 0 Å². The van der Waals surface area contributed by atoms with Crippen LogP contribution in [0.15, 0.2) is 18.2 Å². The van der Waals surface area contributed by atoms with Crippen LogP contribution in [0.1, 0.15) is 31.2 Å². The Hall–Kier alpha value is -1.26. The van der Waals surface area contributed by atoms with Crippen LogP contribution in [-0.4, -0.2) is 23.5 Å². The van der Waals surface area contributed by atoms with Crippen LogP contribution in [0.4, 0.5) is 0 Å². The number of aryl methyl sites for hydroxylation is 1. The summed E-state index contributed by atoms with van der Waals surface area (Å²) in [5.41, 5.74) is 0.967. The van der Waals surface area contributed by atoms with Gasteiger partial charge in [0.25, 0.3) is 0 Å². The van der Waals surface area contributed by atoms with Crippen molar-refractivity contribution >= 4 is 35.1 Å². The molecule has 0 aliphatic carbocycles. The molecule has 0 radical (unpaired) electrons. The highest BCUT2D eigenvalue weighted by Crippen LogP contribution is 2.22. The van der Waals surface area contributed by atoms with Gasteiger partial charge in [0, 0.05) is 29.4 Å². The minimum Gasteiger partial charge on any atom is -0.481 e. The summed E-state index contributed by atoms with van der Waals surface area (Å²) in [7, 11) is 0. The molecule has 20 heavy (non-hydrogen) atoms. The highest BCUT2D eigenvalue weighted by atomic mass is 35.5. The van der Waals surface area contributed by atoms with E-state index in [1.165, 1.54) is 0 Å². The van der Waals surface area contributed by atoms with Gasteiger partial charge in [0.05, 0.1) is 0 Å².